The molecule has 3 aromatic heterocycles. The van der Waals surface area contributed by atoms with Crippen LogP contribution in [0.1, 0.15) is 27.5 Å². The molecule has 8 heteroatoms. The van der Waals surface area contributed by atoms with Crippen molar-refractivity contribution in [2.45, 2.75) is 20.4 Å². The van der Waals surface area contributed by atoms with Crippen LogP contribution in [0.15, 0.2) is 47.2 Å². The first-order valence-corrected chi connectivity index (χ1v) is 7.99. The molecule has 0 aliphatic rings. The summed E-state index contributed by atoms with van der Waals surface area (Å²) in [6.07, 6.45) is 2.92. The monoisotopic (exact) mass is 354 g/mol. The van der Waals surface area contributed by atoms with Crippen LogP contribution in [0.2, 0.25) is 0 Å². The Morgan fingerprint density at radius 1 is 1.27 bits per heavy atom. The third-order valence-corrected chi connectivity index (χ3v) is 3.58. The van der Waals surface area contributed by atoms with E-state index in [1.165, 1.54) is 12.5 Å². The van der Waals surface area contributed by atoms with E-state index in [-0.39, 0.29) is 18.7 Å². The molecule has 0 atom stereocenters. The first kappa shape index (κ1) is 17.4. The topological polar surface area (TPSA) is 99.2 Å². The van der Waals surface area contributed by atoms with Gasteiger partial charge in [0.1, 0.15) is 5.76 Å². The summed E-state index contributed by atoms with van der Waals surface area (Å²) < 4.78 is 11.8. The van der Waals surface area contributed by atoms with Crippen molar-refractivity contribution < 1.29 is 18.7 Å². The number of aromatic nitrogens is 3. The van der Waals surface area contributed by atoms with Crippen LogP contribution in [-0.4, -0.2) is 33.2 Å². The van der Waals surface area contributed by atoms with E-state index in [2.05, 4.69) is 15.4 Å². The predicted molar refractivity (Wildman–Crippen MR) is 91.7 cm³/mol. The van der Waals surface area contributed by atoms with Gasteiger partial charge in [-0.2, -0.15) is 5.10 Å². The fraction of sp³-hybridized carbons (Fsp3) is 0.222. The minimum absolute atomic E-state index is 0.238. The molecule has 0 saturated heterocycles. The smallest absolute Gasteiger partial charge is 0.340 e. The van der Waals surface area contributed by atoms with Crippen molar-refractivity contribution >= 4 is 11.9 Å². The molecule has 0 spiro atoms. The summed E-state index contributed by atoms with van der Waals surface area (Å²) in [6, 6.07) is 8.66. The maximum atomic E-state index is 12.0. The van der Waals surface area contributed by atoms with E-state index in [1.54, 1.807) is 28.9 Å². The average molecular weight is 354 g/mol. The van der Waals surface area contributed by atoms with Crippen LogP contribution in [0.4, 0.5) is 0 Å². The quantitative estimate of drug-likeness (QED) is 0.679. The fourth-order valence-electron chi connectivity index (χ4n) is 2.36. The molecule has 26 heavy (non-hydrogen) atoms. The number of hydrogen-bond donors (Lipinski definition) is 1. The summed E-state index contributed by atoms with van der Waals surface area (Å²) in [7, 11) is 0. The molecular weight excluding hydrogens is 336 g/mol. The van der Waals surface area contributed by atoms with Gasteiger partial charge in [-0.05, 0) is 44.2 Å². The Hall–Kier alpha value is -3.42. The summed E-state index contributed by atoms with van der Waals surface area (Å²) in [4.78, 5) is 27.9. The Morgan fingerprint density at radius 2 is 2.12 bits per heavy atom. The predicted octanol–water partition coefficient (Wildman–Crippen LogP) is 1.95. The van der Waals surface area contributed by atoms with Gasteiger partial charge in [0, 0.05) is 11.9 Å². The maximum absolute atomic E-state index is 12.0. The maximum Gasteiger partial charge on any atom is 0.340 e. The van der Waals surface area contributed by atoms with E-state index in [0.717, 1.165) is 11.4 Å². The van der Waals surface area contributed by atoms with Crippen molar-refractivity contribution in [1.29, 1.82) is 0 Å². The number of esters is 1. The zero-order chi connectivity index (χ0) is 18.5. The highest BCUT2D eigenvalue weighted by atomic mass is 16.5. The lowest BCUT2D eigenvalue weighted by Crippen LogP contribution is -2.28. The second kappa shape index (κ2) is 7.64. The largest absolute Gasteiger partial charge is 0.467 e. The summed E-state index contributed by atoms with van der Waals surface area (Å²) >= 11 is 0. The molecule has 0 bridgehead atoms. The molecule has 0 aromatic carbocycles. The molecule has 3 aromatic rings. The third kappa shape index (κ3) is 4.15. The number of rotatable bonds is 6. The molecule has 3 rings (SSSR count). The van der Waals surface area contributed by atoms with E-state index >= 15 is 0 Å². The zero-order valence-electron chi connectivity index (χ0n) is 14.4. The Balaban J connectivity index is 1.53. The van der Waals surface area contributed by atoms with Crippen LogP contribution < -0.4 is 5.32 Å². The molecule has 8 nitrogen and oxygen atoms in total. The van der Waals surface area contributed by atoms with E-state index < -0.39 is 11.9 Å². The molecule has 1 amide bonds. The standard InChI is InChI=1S/C18H18N4O4/c1-12-8-13(2)22(21-12)16-6-5-14(9-19-16)18(24)26-11-17(23)20-10-15-4-3-7-25-15/h3-9H,10-11H2,1-2H3,(H,20,23). The molecule has 0 unspecified atom stereocenters. The van der Waals surface area contributed by atoms with Gasteiger partial charge >= 0.3 is 5.97 Å². The highest BCUT2D eigenvalue weighted by molar-refractivity contribution is 5.91. The first-order valence-electron chi connectivity index (χ1n) is 7.99. The second-order valence-corrected chi connectivity index (χ2v) is 5.68. The van der Waals surface area contributed by atoms with Gasteiger partial charge in [-0.15, -0.1) is 0 Å². The van der Waals surface area contributed by atoms with Crippen molar-refractivity contribution in [3.63, 3.8) is 0 Å². The average Bonchev–Trinajstić information content (AvgIpc) is 3.27. The number of ether oxygens (including phenoxy) is 1. The lowest BCUT2D eigenvalue weighted by Gasteiger charge is -2.07. The minimum atomic E-state index is -0.620. The number of furan rings is 1. The van der Waals surface area contributed by atoms with Gasteiger partial charge in [0.2, 0.25) is 0 Å². The number of amides is 1. The molecule has 0 aliphatic heterocycles. The van der Waals surface area contributed by atoms with Gasteiger partial charge in [0.05, 0.1) is 24.1 Å². The van der Waals surface area contributed by atoms with Gasteiger partial charge in [-0.25, -0.2) is 14.5 Å². The summed E-state index contributed by atoms with van der Waals surface area (Å²) in [5, 5.41) is 6.93. The van der Waals surface area contributed by atoms with Crippen molar-refractivity contribution in [2.75, 3.05) is 6.61 Å². The number of pyridine rings is 1. The fourth-order valence-corrected chi connectivity index (χ4v) is 2.36. The number of nitrogens with zero attached hydrogens (tertiary/aromatic N) is 3. The van der Waals surface area contributed by atoms with Crippen molar-refractivity contribution in [2.24, 2.45) is 0 Å². The van der Waals surface area contributed by atoms with Crippen molar-refractivity contribution in [3.8, 4) is 5.82 Å². The highest BCUT2D eigenvalue weighted by Crippen LogP contribution is 2.11. The van der Waals surface area contributed by atoms with Gasteiger partial charge in [0.15, 0.2) is 12.4 Å². The number of carbonyl (C=O) groups excluding carboxylic acids is 2. The molecule has 0 saturated carbocycles. The lowest BCUT2D eigenvalue weighted by molar-refractivity contribution is -0.124. The van der Waals surface area contributed by atoms with Crippen molar-refractivity contribution in [3.05, 3.63) is 65.5 Å². The van der Waals surface area contributed by atoms with Crippen LogP contribution in [-0.2, 0) is 16.1 Å². The number of aryl methyl sites for hydroxylation is 2. The zero-order valence-corrected chi connectivity index (χ0v) is 14.4. The van der Waals surface area contributed by atoms with Crippen molar-refractivity contribution in [1.82, 2.24) is 20.1 Å². The summed E-state index contributed by atoms with van der Waals surface area (Å²) in [5.74, 6) is 0.185. The van der Waals surface area contributed by atoms with Gasteiger partial charge in [0.25, 0.3) is 5.91 Å². The Labute approximate surface area is 149 Å². The van der Waals surface area contributed by atoms with Gasteiger partial charge < -0.3 is 14.5 Å². The van der Waals surface area contributed by atoms with E-state index in [1.807, 2.05) is 19.9 Å². The van der Waals surface area contributed by atoms with Crippen LogP contribution in [0.25, 0.3) is 5.82 Å². The Bertz CT molecular complexity index is 898. The van der Waals surface area contributed by atoms with Crippen LogP contribution in [0.5, 0.6) is 0 Å². The second-order valence-electron chi connectivity index (χ2n) is 5.68. The molecule has 0 fully saturated rings. The normalized spacial score (nSPS) is 10.5. The molecule has 0 aliphatic carbocycles. The number of hydrogen-bond acceptors (Lipinski definition) is 6. The van der Waals surface area contributed by atoms with E-state index in [0.29, 0.717) is 11.6 Å². The molecule has 134 valence electrons. The number of carbonyl (C=O) groups is 2. The first-order chi connectivity index (χ1) is 12.5. The number of nitrogens with one attached hydrogen (secondary N) is 1. The van der Waals surface area contributed by atoms with Crippen LogP contribution >= 0.6 is 0 Å². The Kier molecular flexibility index (Phi) is 5.12. The van der Waals surface area contributed by atoms with E-state index in [4.69, 9.17) is 9.15 Å². The highest BCUT2D eigenvalue weighted by Gasteiger charge is 2.12. The molecule has 1 N–H and O–H groups in total. The molecule has 0 radical (unpaired) electrons. The third-order valence-electron chi connectivity index (χ3n) is 3.58. The summed E-state index contributed by atoms with van der Waals surface area (Å²) in [5.41, 5.74) is 2.08. The van der Waals surface area contributed by atoms with Gasteiger partial charge in [-0.3, -0.25) is 4.79 Å². The minimum Gasteiger partial charge on any atom is -0.467 e. The van der Waals surface area contributed by atoms with E-state index in [9.17, 15) is 9.59 Å². The Morgan fingerprint density at radius 3 is 2.73 bits per heavy atom. The summed E-state index contributed by atoms with van der Waals surface area (Å²) in [6.45, 7) is 3.68. The van der Waals surface area contributed by atoms with Gasteiger partial charge in [-0.1, -0.05) is 0 Å². The van der Waals surface area contributed by atoms with Crippen LogP contribution in [0.3, 0.4) is 0 Å². The SMILES string of the molecule is Cc1cc(C)n(-c2ccc(C(=O)OCC(=O)NCc3ccco3)cn2)n1. The lowest BCUT2D eigenvalue weighted by atomic mass is 10.3. The van der Waals surface area contributed by atoms with Crippen LogP contribution in [0, 0.1) is 13.8 Å². The molecular formula is C18H18N4O4. The molecule has 3 heterocycles.